The summed E-state index contributed by atoms with van der Waals surface area (Å²) in [6.07, 6.45) is 3.19. The molecule has 6 rings (SSSR count). The van der Waals surface area contributed by atoms with Crippen molar-refractivity contribution in [2.75, 3.05) is 0 Å². The number of fused-ring (bicyclic) bond motifs is 5. The second-order valence-electron chi connectivity index (χ2n) is 9.10. The maximum atomic E-state index is 14.4. The van der Waals surface area contributed by atoms with Crippen LogP contribution < -0.4 is 4.57 Å². The van der Waals surface area contributed by atoms with Crippen LogP contribution in [0.1, 0.15) is 25.0 Å². The average Bonchev–Trinajstić information content (AvgIpc) is 3.02. The lowest BCUT2D eigenvalue weighted by atomic mass is 9.96. The summed E-state index contributed by atoms with van der Waals surface area (Å²) in [6.45, 7) is 6.68. The van der Waals surface area contributed by atoms with Crippen molar-refractivity contribution in [1.82, 2.24) is 4.40 Å². The van der Waals surface area contributed by atoms with Gasteiger partial charge in [-0.3, -0.25) is 0 Å². The molecule has 0 fully saturated rings. The fourth-order valence-corrected chi connectivity index (χ4v) is 5.34. The summed E-state index contributed by atoms with van der Waals surface area (Å²) in [5, 5.41) is 6.03. The Bertz CT molecular complexity index is 1620. The maximum absolute atomic E-state index is 14.4. The predicted molar refractivity (Wildman–Crippen MR) is 123 cm³/mol. The van der Waals surface area contributed by atoms with E-state index >= 15 is 0 Å². The highest BCUT2D eigenvalue weighted by Gasteiger charge is 2.24. The Kier molecular flexibility index (Phi) is 3.48. The molecule has 0 saturated heterocycles. The fraction of sp³-hybridized carbons (Fsp3) is 0.222. The van der Waals surface area contributed by atoms with Crippen molar-refractivity contribution < 1.29 is 8.96 Å². The van der Waals surface area contributed by atoms with Gasteiger partial charge in [-0.1, -0.05) is 32.0 Å². The van der Waals surface area contributed by atoms with Gasteiger partial charge in [0, 0.05) is 16.8 Å². The molecule has 0 bridgehead atoms. The van der Waals surface area contributed by atoms with Gasteiger partial charge in [-0.15, -0.1) is 0 Å². The molecule has 0 spiro atoms. The maximum Gasteiger partial charge on any atom is 0.224 e. The topological polar surface area (TPSA) is 8.29 Å². The van der Waals surface area contributed by atoms with Crippen LogP contribution in [0.25, 0.3) is 49.0 Å². The monoisotopic (exact) mass is 395 g/mol. The number of hydrogen-bond acceptors (Lipinski definition) is 0. The van der Waals surface area contributed by atoms with Crippen LogP contribution in [-0.2, 0) is 13.5 Å². The zero-order chi connectivity index (χ0) is 20.7. The number of benzene rings is 3. The minimum atomic E-state index is -0.196. The van der Waals surface area contributed by atoms with E-state index in [0.29, 0.717) is 5.92 Å². The lowest BCUT2D eigenvalue weighted by molar-refractivity contribution is -0.643. The van der Waals surface area contributed by atoms with E-state index in [2.05, 4.69) is 73.3 Å². The van der Waals surface area contributed by atoms with E-state index in [9.17, 15) is 4.39 Å². The Balaban J connectivity index is 2.01. The fourth-order valence-electron chi connectivity index (χ4n) is 5.34. The lowest BCUT2D eigenvalue weighted by Crippen LogP contribution is -2.29. The van der Waals surface area contributed by atoms with Gasteiger partial charge < -0.3 is 4.40 Å². The third-order valence-electron chi connectivity index (χ3n) is 6.50. The standard InChI is InChI=1S/C27H24FN2/c1-15(2)11-17-12-18-9-10-29(4)27-24-16(3)5-7-21-20-8-6-19(28)14-22(20)30(26(21)24)23(13-17)25(18)27/h5-10,12-15H,11H2,1-4H3/q+1. The van der Waals surface area contributed by atoms with Gasteiger partial charge in [0.15, 0.2) is 6.20 Å². The molecule has 3 aromatic heterocycles. The molecule has 0 amide bonds. The number of hydrogen-bond donors (Lipinski definition) is 0. The Hall–Kier alpha value is -3.20. The molecule has 0 N–H and O–H groups in total. The van der Waals surface area contributed by atoms with Crippen LogP contribution in [0.3, 0.4) is 0 Å². The number of nitrogens with zero attached hydrogens (tertiary/aromatic N) is 2. The van der Waals surface area contributed by atoms with Crippen molar-refractivity contribution in [2.24, 2.45) is 13.0 Å². The molecule has 148 valence electrons. The molecule has 0 aliphatic heterocycles. The number of aryl methyl sites for hydroxylation is 2. The first-order valence-electron chi connectivity index (χ1n) is 10.6. The van der Waals surface area contributed by atoms with Gasteiger partial charge in [0.25, 0.3) is 0 Å². The summed E-state index contributed by atoms with van der Waals surface area (Å²) < 4.78 is 18.9. The molecule has 0 aliphatic carbocycles. The molecule has 2 nitrogen and oxygen atoms in total. The molecule has 0 atom stereocenters. The van der Waals surface area contributed by atoms with Crippen molar-refractivity contribution >= 4 is 49.0 Å². The molecular weight excluding hydrogens is 371 g/mol. The van der Waals surface area contributed by atoms with Crippen LogP contribution >= 0.6 is 0 Å². The summed E-state index contributed by atoms with van der Waals surface area (Å²) >= 11 is 0. The Labute approximate surface area is 174 Å². The van der Waals surface area contributed by atoms with Gasteiger partial charge in [-0.2, -0.15) is 0 Å². The molecule has 3 heterocycles. The van der Waals surface area contributed by atoms with Gasteiger partial charge in [0.1, 0.15) is 12.9 Å². The number of rotatable bonds is 2. The molecule has 30 heavy (non-hydrogen) atoms. The Morgan fingerprint density at radius 1 is 0.933 bits per heavy atom. The second-order valence-corrected chi connectivity index (χ2v) is 9.10. The largest absolute Gasteiger partial charge is 0.307 e. The van der Waals surface area contributed by atoms with Crippen molar-refractivity contribution in [3.05, 3.63) is 71.7 Å². The number of halogens is 1. The molecular formula is C27H24FN2+. The third kappa shape index (κ3) is 2.21. The van der Waals surface area contributed by atoms with Crippen molar-refractivity contribution in [1.29, 1.82) is 0 Å². The molecule has 0 saturated carbocycles. The first-order chi connectivity index (χ1) is 14.4. The minimum Gasteiger partial charge on any atom is -0.307 e. The third-order valence-corrected chi connectivity index (χ3v) is 6.50. The number of pyridine rings is 2. The summed E-state index contributed by atoms with van der Waals surface area (Å²) in [4.78, 5) is 0. The molecule has 3 heteroatoms. The van der Waals surface area contributed by atoms with Gasteiger partial charge in [0.05, 0.1) is 27.3 Å². The Morgan fingerprint density at radius 3 is 2.53 bits per heavy atom. The van der Waals surface area contributed by atoms with E-state index in [1.807, 2.05) is 6.07 Å². The van der Waals surface area contributed by atoms with Crippen LogP contribution in [-0.4, -0.2) is 4.40 Å². The van der Waals surface area contributed by atoms with E-state index in [-0.39, 0.29) is 5.82 Å². The van der Waals surface area contributed by atoms with E-state index in [4.69, 9.17) is 0 Å². The summed E-state index contributed by atoms with van der Waals surface area (Å²) in [7, 11) is 2.12. The van der Waals surface area contributed by atoms with Crippen molar-refractivity contribution in [2.45, 2.75) is 27.2 Å². The highest BCUT2D eigenvalue weighted by molar-refractivity contribution is 6.25. The number of aromatic nitrogens is 2. The summed E-state index contributed by atoms with van der Waals surface area (Å²) in [5.41, 5.74) is 7.11. The van der Waals surface area contributed by atoms with E-state index in [0.717, 1.165) is 22.8 Å². The quantitative estimate of drug-likeness (QED) is 0.181. The molecule has 0 radical (unpaired) electrons. The zero-order valence-electron chi connectivity index (χ0n) is 17.8. The highest BCUT2D eigenvalue weighted by Crippen LogP contribution is 2.41. The van der Waals surface area contributed by atoms with Crippen LogP contribution in [0.2, 0.25) is 0 Å². The minimum absolute atomic E-state index is 0.196. The average molecular weight is 396 g/mol. The van der Waals surface area contributed by atoms with Gasteiger partial charge in [-0.25, -0.2) is 8.96 Å². The first-order valence-corrected chi connectivity index (χ1v) is 10.6. The summed E-state index contributed by atoms with van der Waals surface area (Å²) in [5.74, 6) is 0.379. The van der Waals surface area contributed by atoms with E-state index in [1.54, 1.807) is 12.1 Å². The van der Waals surface area contributed by atoms with E-state index < -0.39 is 0 Å². The molecule has 0 aliphatic rings. The first kappa shape index (κ1) is 17.6. The SMILES string of the molecule is Cc1ccc2c3ccc(F)cc3n3c4cc(CC(C)C)cc5cc[n+](C)c(c1c23)c54. The lowest BCUT2D eigenvalue weighted by Gasteiger charge is -2.15. The van der Waals surface area contributed by atoms with Crippen LogP contribution in [0.15, 0.2) is 54.7 Å². The smallest absolute Gasteiger partial charge is 0.224 e. The van der Waals surface area contributed by atoms with Crippen LogP contribution in [0, 0.1) is 18.7 Å². The zero-order valence-corrected chi connectivity index (χ0v) is 17.8. The highest BCUT2D eigenvalue weighted by atomic mass is 19.1. The molecule has 3 aromatic carbocycles. The molecule has 6 aromatic rings. The molecule has 0 unspecified atom stereocenters. The van der Waals surface area contributed by atoms with E-state index in [1.165, 1.54) is 43.7 Å². The van der Waals surface area contributed by atoms with Crippen molar-refractivity contribution in [3.63, 3.8) is 0 Å². The summed E-state index contributed by atoms with van der Waals surface area (Å²) in [6, 6.07) is 16.4. The van der Waals surface area contributed by atoms with Gasteiger partial charge >= 0.3 is 0 Å². The van der Waals surface area contributed by atoms with Crippen LogP contribution in [0.4, 0.5) is 4.39 Å². The van der Waals surface area contributed by atoms with Crippen LogP contribution in [0.5, 0.6) is 0 Å². The van der Waals surface area contributed by atoms with Gasteiger partial charge in [0.2, 0.25) is 5.52 Å². The Morgan fingerprint density at radius 2 is 1.73 bits per heavy atom. The second kappa shape index (κ2) is 5.91. The normalized spacial score (nSPS) is 12.6. The van der Waals surface area contributed by atoms with Gasteiger partial charge in [-0.05, 0) is 60.0 Å². The predicted octanol–water partition coefficient (Wildman–Crippen LogP) is 6.46. The van der Waals surface area contributed by atoms with Crippen molar-refractivity contribution in [3.8, 4) is 0 Å².